The summed E-state index contributed by atoms with van der Waals surface area (Å²) in [5.74, 6) is -0.280. The highest BCUT2D eigenvalue weighted by molar-refractivity contribution is 5.94. The number of aromatic nitrogens is 1. The number of hydrogen-bond donors (Lipinski definition) is 1. The maximum Gasteiger partial charge on any atom is 0.128 e. The highest BCUT2D eigenvalue weighted by Crippen LogP contribution is 2.27. The van der Waals surface area contributed by atoms with Crippen LogP contribution in [0.4, 0.5) is 10.1 Å². The van der Waals surface area contributed by atoms with Gasteiger partial charge in [-0.3, -0.25) is 4.98 Å². The lowest BCUT2D eigenvalue weighted by molar-refractivity contribution is 0.620. The van der Waals surface area contributed by atoms with E-state index in [0.717, 1.165) is 11.1 Å². The molecule has 0 amide bonds. The Bertz CT molecular complexity index is 614. The van der Waals surface area contributed by atoms with Crippen molar-refractivity contribution in [2.45, 2.75) is 13.8 Å². The quantitative estimate of drug-likeness (QED) is 0.861. The molecule has 1 heterocycles. The minimum atomic E-state index is -0.280. The first kappa shape index (κ1) is 11.3. The SMILES string of the molecule is CCNc1c(C#N)cnc2cc(F)c(C)cc12. The number of nitriles is 1. The molecule has 3 nitrogen and oxygen atoms in total. The van der Waals surface area contributed by atoms with Gasteiger partial charge in [0.15, 0.2) is 0 Å². The van der Waals surface area contributed by atoms with Crippen molar-refractivity contribution in [3.63, 3.8) is 0 Å². The van der Waals surface area contributed by atoms with Crippen molar-refractivity contribution in [2.24, 2.45) is 0 Å². The normalized spacial score (nSPS) is 10.2. The topological polar surface area (TPSA) is 48.7 Å². The van der Waals surface area contributed by atoms with E-state index in [9.17, 15) is 4.39 Å². The van der Waals surface area contributed by atoms with E-state index in [1.165, 1.54) is 12.3 Å². The van der Waals surface area contributed by atoms with E-state index >= 15 is 0 Å². The molecule has 0 aliphatic rings. The molecule has 1 aromatic heterocycles. The molecule has 0 atom stereocenters. The van der Waals surface area contributed by atoms with Crippen molar-refractivity contribution in [1.29, 1.82) is 5.26 Å². The van der Waals surface area contributed by atoms with Gasteiger partial charge in [0, 0.05) is 24.2 Å². The van der Waals surface area contributed by atoms with Gasteiger partial charge in [-0.2, -0.15) is 5.26 Å². The Kier molecular flexibility index (Phi) is 2.92. The van der Waals surface area contributed by atoms with Crippen molar-refractivity contribution >= 4 is 16.6 Å². The summed E-state index contributed by atoms with van der Waals surface area (Å²) in [6.07, 6.45) is 1.47. The molecule has 17 heavy (non-hydrogen) atoms. The lowest BCUT2D eigenvalue weighted by Gasteiger charge is -2.10. The maximum absolute atomic E-state index is 13.4. The summed E-state index contributed by atoms with van der Waals surface area (Å²) in [6, 6.07) is 5.20. The van der Waals surface area contributed by atoms with Crippen molar-refractivity contribution in [2.75, 3.05) is 11.9 Å². The molecular weight excluding hydrogens is 217 g/mol. The smallest absolute Gasteiger partial charge is 0.128 e. The van der Waals surface area contributed by atoms with Crippen LogP contribution in [0.3, 0.4) is 0 Å². The zero-order valence-electron chi connectivity index (χ0n) is 9.71. The Labute approximate surface area is 98.9 Å². The number of anilines is 1. The molecule has 0 saturated carbocycles. The van der Waals surface area contributed by atoms with Crippen LogP contribution in [-0.4, -0.2) is 11.5 Å². The molecule has 2 aromatic rings. The van der Waals surface area contributed by atoms with Crippen molar-refractivity contribution in [3.8, 4) is 6.07 Å². The van der Waals surface area contributed by atoms with Crippen molar-refractivity contribution in [1.82, 2.24) is 4.98 Å². The summed E-state index contributed by atoms with van der Waals surface area (Å²) in [5, 5.41) is 12.9. The summed E-state index contributed by atoms with van der Waals surface area (Å²) in [5.41, 5.74) is 2.31. The van der Waals surface area contributed by atoms with Crippen LogP contribution >= 0.6 is 0 Å². The molecule has 0 saturated heterocycles. The van der Waals surface area contributed by atoms with Gasteiger partial charge < -0.3 is 5.32 Å². The van der Waals surface area contributed by atoms with Crippen molar-refractivity contribution in [3.05, 3.63) is 35.3 Å². The van der Waals surface area contributed by atoms with Crippen LogP contribution in [-0.2, 0) is 0 Å². The summed E-state index contributed by atoms with van der Waals surface area (Å²) >= 11 is 0. The second kappa shape index (κ2) is 4.38. The number of fused-ring (bicyclic) bond motifs is 1. The van der Waals surface area contributed by atoms with E-state index in [2.05, 4.69) is 16.4 Å². The van der Waals surface area contributed by atoms with Crippen LogP contribution < -0.4 is 5.32 Å². The van der Waals surface area contributed by atoms with Gasteiger partial charge in [0.2, 0.25) is 0 Å². The predicted octanol–water partition coefficient (Wildman–Crippen LogP) is 2.99. The average molecular weight is 229 g/mol. The average Bonchev–Trinajstić information content (AvgIpc) is 2.32. The number of aryl methyl sites for hydroxylation is 1. The van der Waals surface area contributed by atoms with Gasteiger partial charge in [-0.15, -0.1) is 0 Å². The Morgan fingerprint density at radius 2 is 2.24 bits per heavy atom. The molecule has 0 radical (unpaired) electrons. The third-order valence-electron chi connectivity index (χ3n) is 2.62. The molecule has 0 fully saturated rings. The predicted molar refractivity (Wildman–Crippen MR) is 65.3 cm³/mol. The number of halogens is 1. The Morgan fingerprint density at radius 1 is 1.47 bits per heavy atom. The monoisotopic (exact) mass is 229 g/mol. The summed E-state index contributed by atoms with van der Waals surface area (Å²) in [7, 11) is 0. The van der Waals surface area contributed by atoms with Crippen LogP contribution in [0.25, 0.3) is 10.9 Å². The molecule has 0 aliphatic carbocycles. The Morgan fingerprint density at radius 3 is 2.88 bits per heavy atom. The third kappa shape index (κ3) is 1.92. The van der Waals surface area contributed by atoms with Gasteiger partial charge in [-0.1, -0.05) is 0 Å². The standard InChI is InChI=1S/C13H12FN3/c1-3-16-13-9(6-15)7-17-12-5-11(14)8(2)4-10(12)13/h4-5,7H,3H2,1-2H3,(H,16,17). The lowest BCUT2D eigenvalue weighted by Crippen LogP contribution is -2.01. The maximum atomic E-state index is 13.4. The van der Waals surface area contributed by atoms with E-state index in [1.54, 1.807) is 13.0 Å². The molecule has 1 aromatic carbocycles. The molecule has 2 rings (SSSR count). The van der Waals surface area contributed by atoms with Gasteiger partial charge in [-0.25, -0.2) is 4.39 Å². The molecule has 1 N–H and O–H groups in total. The summed E-state index contributed by atoms with van der Waals surface area (Å²) < 4.78 is 13.4. The third-order valence-corrected chi connectivity index (χ3v) is 2.62. The number of pyridine rings is 1. The first-order valence-corrected chi connectivity index (χ1v) is 5.40. The summed E-state index contributed by atoms with van der Waals surface area (Å²) in [6.45, 7) is 4.34. The number of rotatable bonds is 2. The highest BCUT2D eigenvalue weighted by Gasteiger charge is 2.10. The molecule has 4 heteroatoms. The van der Waals surface area contributed by atoms with Crippen LogP contribution in [0.1, 0.15) is 18.1 Å². The fourth-order valence-electron chi connectivity index (χ4n) is 1.77. The van der Waals surface area contributed by atoms with Gasteiger partial charge in [-0.05, 0) is 25.5 Å². The highest BCUT2D eigenvalue weighted by atomic mass is 19.1. The number of nitrogens with zero attached hydrogens (tertiary/aromatic N) is 2. The first-order chi connectivity index (χ1) is 8.17. The second-order valence-corrected chi connectivity index (χ2v) is 3.81. The zero-order valence-corrected chi connectivity index (χ0v) is 9.71. The first-order valence-electron chi connectivity index (χ1n) is 5.40. The van der Waals surface area contributed by atoms with E-state index in [-0.39, 0.29) is 5.82 Å². The molecule has 0 unspecified atom stereocenters. The van der Waals surface area contributed by atoms with Gasteiger partial charge >= 0.3 is 0 Å². The van der Waals surface area contributed by atoms with E-state index < -0.39 is 0 Å². The molecule has 0 spiro atoms. The Hall–Kier alpha value is -2.15. The second-order valence-electron chi connectivity index (χ2n) is 3.81. The molecule has 0 aliphatic heterocycles. The minimum Gasteiger partial charge on any atom is -0.384 e. The lowest BCUT2D eigenvalue weighted by atomic mass is 10.1. The fraction of sp³-hybridized carbons (Fsp3) is 0.231. The van der Waals surface area contributed by atoms with E-state index in [0.29, 0.717) is 23.2 Å². The Balaban J connectivity index is 2.80. The largest absolute Gasteiger partial charge is 0.384 e. The molecular formula is C13H12FN3. The molecule has 0 bridgehead atoms. The van der Waals surface area contributed by atoms with E-state index in [4.69, 9.17) is 5.26 Å². The van der Waals surface area contributed by atoms with E-state index in [1.807, 2.05) is 6.92 Å². The minimum absolute atomic E-state index is 0.280. The van der Waals surface area contributed by atoms with Gasteiger partial charge in [0.25, 0.3) is 0 Å². The zero-order chi connectivity index (χ0) is 12.4. The number of nitrogens with one attached hydrogen (secondary N) is 1. The molecule has 86 valence electrons. The van der Waals surface area contributed by atoms with Crippen LogP contribution in [0.2, 0.25) is 0 Å². The number of benzene rings is 1. The van der Waals surface area contributed by atoms with Crippen LogP contribution in [0.5, 0.6) is 0 Å². The van der Waals surface area contributed by atoms with Gasteiger partial charge in [0.1, 0.15) is 11.9 Å². The summed E-state index contributed by atoms with van der Waals surface area (Å²) in [4.78, 5) is 4.09. The van der Waals surface area contributed by atoms with Crippen molar-refractivity contribution < 1.29 is 4.39 Å². The fourth-order valence-corrected chi connectivity index (χ4v) is 1.77. The van der Waals surface area contributed by atoms with Gasteiger partial charge in [0.05, 0.1) is 16.8 Å². The van der Waals surface area contributed by atoms with Crippen LogP contribution in [0.15, 0.2) is 18.3 Å². The van der Waals surface area contributed by atoms with Crippen LogP contribution in [0, 0.1) is 24.1 Å². The number of hydrogen-bond acceptors (Lipinski definition) is 3.